The standard InChI is InChI=1S/C11H6B4N2O2/c12-10(13)11(14,15)17-9(16-10)8-5-18-6-3-1-2-4-7(6)19-8/h1-5H,(H,16,17). The molecule has 0 saturated carbocycles. The minimum atomic E-state index is -1.64. The number of nitrogens with one attached hydrogen (secondary N) is 1. The molecular weight excluding hydrogens is 235 g/mol. The summed E-state index contributed by atoms with van der Waals surface area (Å²) in [5.41, 5.74) is 0. The molecule has 0 spiro atoms. The van der Waals surface area contributed by atoms with Gasteiger partial charge in [-0.2, -0.15) is 0 Å². The summed E-state index contributed by atoms with van der Waals surface area (Å²) in [5.74, 6) is 1.69. The molecule has 3 rings (SSSR count). The monoisotopic (exact) mass is 242 g/mol. The summed E-state index contributed by atoms with van der Waals surface area (Å²) in [7, 11) is 22.9. The van der Waals surface area contributed by atoms with Crippen molar-refractivity contribution >= 4 is 37.2 Å². The normalized spacial score (nSPS) is 22.1. The van der Waals surface area contributed by atoms with Gasteiger partial charge < -0.3 is 14.8 Å². The van der Waals surface area contributed by atoms with Crippen LogP contribution in [0.3, 0.4) is 0 Å². The molecule has 1 aromatic carbocycles. The molecule has 2 aliphatic heterocycles. The largest absolute Gasteiger partial charge is 0.457 e. The van der Waals surface area contributed by atoms with Crippen LogP contribution in [0.4, 0.5) is 0 Å². The fraction of sp³-hybridized carbons (Fsp3) is 0.182. The van der Waals surface area contributed by atoms with Gasteiger partial charge in [-0.3, -0.25) is 4.99 Å². The van der Waals surface area contributed by atoms with Crippen LogP contribution < -0.4 is 14.8 Å². The van der Waals surface area contributed by atoms with E-state index in [1.165, 1.54) is 6.26 Å². The zero-order valence-electron chi connectivity index (χ0n) is 9.96. The van der Waals surface area contributed by atoms with Crippen molar-refractivity contribution in [3.63, 3.8) is 0 Å². The van der Waals surface area contributed by atoms with Crippen LogP contribution in [0.2, 0.25) is 0 Å². The number of aliphatic imine (C=N–C) groups is 1. The van der Waals surface area contributed by atoms with Crippen molar-refractivity contribution in [2.75, 3.05) is 0 Å². The predicted molar refractivity (Wildman–Crippen MR) is 74.8 cm³/mol. The average Bonchev–Trinajstić information content (AvgIpc) is 2.58. The molecule has 8 heteroatoms. The van der Waals surface area contributed by atoms with Crippen molar-refractivity contribution in [2.24, 2.45) is 4.99 Å². The van der Waals surface area contributed by atoms with Crippen molar-refractivity contribution in [3.8, 4) is 11.5 Å². The number of amidine groups is 1. The number of ether oxygens (including phenoxy) is 2. The van der Waals surface area contributed by atoms with Gasteiger partial charge in [-0.1, -0.05) is 12.1 Å². The lowest BCUT2D eigenvalue weighted by atomic mass is 9.39. The predicted octanol–water partition coefficient (Wildman–Crippen LogP) is -0.718. The van der Waals surface area contributed by atoms with E-state index in [-0.39, 0.29) is 5.84 Å². The minimum absolute atomic E-state index is 0.240. The smallest absolute Gasteiger partial charge is 0.204 e. The van der Waals surface area contributed by atoms with Gasteiger partial charge in [-0.05, 0) is 22.8 Å². The van der Waals surface area contributed by atoms with Gasteiger partial charge in [0.1, 0.15) is 6.26 Å². The van der Waals surface area contributed by atoms with Crippen LogP contribution in [0.5, 0.6) is 11.5 Å². The summed E-state index contributed by atoms with van der Waals surface area (Å²) in [6.07, 6.45) is 1.38. The van der Waals surface area contributed by atoms with Crippen LogP contribution in [0, 0.1) is 0 Å². The fourth-order valence-corrected chi connectivity index (χ4v) is 1.71. The molecule has 0 aliphatic carbocycles. The third kappa shape index (κ3) is 1.95. The van der Waals surface area contributed by atoms with E-state index < -0.39 is 10.7 Å². The summed E-state index contributed by atoms with van der Waals surface area (Å²) in [4.78, 5) is 4.01. The van der Waals surface area contributed by atoms with Gasteiger partial charge in [0.15, 0.2) is 17.3 Å². The Labute approximate surface area is 116 Å². The number of benzene rings is 1. The molecule has 8 radical (unpaired) electrons. The van der Waals surface area contributed by atoms with Crippen LogP contribution in [0.25, 0.3) is 0 Å². The summed E-state index contributed by atoms with van der Waals surface area (Å²) in [5, 5.41) is -0.498. The molecule has 0 aromatic heterocycles. The lowest BCUT2D eigenvalue weighted by Crippen LogP contribution is -2.60. The molecule has 19 heavy (non-hydrogen) atoms. The Morgan fingerprint density at radius 2 is 1.74 bits per heavy atom. The van der Waals surface area contributed by atoms with E-state index in [0.29, 0.717) is 17.3 Å². The molecule has 0 saturated heterocycles. The number of fused-ring (bicyclic) bond motifs is 1. The lowest BCUT2D eigenvalue weighted by molar-refractivity contribution is 0.343. The molecule has 0 amide bonds. The van der Waals surface area contributed by atoms with E-state index in [1.54, 1.807) is 12.1 Å². The van der Waals surface area contributed by atoms with E-state index in [2.05, 4.69) is 10.3 Å². The quantitative estimate of drug-likeness (QED) is 0.660. The molecule has 1 aromatic rings. The van der Waals surface area contributed by atoms with Gasteiger partial charge in [0.05, 0.1) is 31.4 Å². The van der Waals surface area contributed by atoms with E-state index >= 15 is 0 Å². The van der Waals surface area contributed by atoms with Crippen LogP contribution in [-0.4, -0.2) is 47.9 Å². The van der Waals surface area contributed by atoms with Crippen molar-refractivity contribution in [2.45, 2.75) is 10.7 Å². The van der Waals surface area contributed by atoms with Crippen molar-refractivity contribution in [1.29, 1.82) is 0 Å². The van der Waals surface area contributed by atoms with Crippen molar-refractivity contribution in [3.05, 3.63) is 36.3 Å². The Bertz CT molecular complexity index is 598. The second-order valence-corrected chi connectivity index (χ2v) is 4.43. The zero-order valence-corrected chi connectivity index (χ0v) is 9.96. The maximum atomic E-state index is 5.73. The highest BCUT2D eigenvalue weighted by molar-refractivity contribution is 6.56. The molecule has 1 N–H and O–H groups in total. The molecule has 0 atom stereocenters. The molecule has 84 valence electrons. The summed E-state index contributed by atoms with van der Waals surface area (Å²) in [6, 6.07) is 7.19. The maximum absolute atomic E-state index is 5.73. The highest BCUT2D eigenvalue weighted by Gasteiger charge is 2.42. The van der Waals surface area contributed by atoms with Gasteiger partial charge >= 0.3 is 0 Å². The van der Waals surface area contributed by atoms with Gasteiger partial charge in [-0.15, -0.1) is 0 Å². The van der Waals surface area contributed by atoms with E-state index in [4.69, 9.17) is 40.9 Å². The Kier molecular flexibility index (Phi) is 2.52. The van der Waals surface area contributed by atoms with Crippen molar-refractivity contribution < 1.29 is 9.47 Å². The van der Waals surface area contributed by atoms with Gasteiger partial charge in [0.25, 0.3) is 0 Å². The van der Waals surface area contributed by atoms with Crippen LogP contribution in [-0.2, 0) is 0 Å². The zero-order chi connectivity index (χ0) is 13.7. The maximum Gasteiger partial charge on any atom is 0.204 e. The van der Waals surface area contributed by atoms with Crippen LogP contribution in [0.15, 0.2) is 41.3 Å². The van der Waals surface area contributed by atoms with Crippen molar-refractivity contribution in [1.82, 2.24) is 5.32 Å². The molecule has 0 bridgehead atoms. The second-order valence-electron chi connectivity index (χ2n) is 4.43. The molecule has 2 aliphatic rings. The number of hydrogen-bond acceptors (Lipinski definition) is 4. The first kappa shape index (κ1) is 12.3. The molecule has 0 unspecified atom stereocenters. The van der Waals surface area contributed by atoms with Crippen LogP contribution in [0.1, 0.15) is 0 Å². The molecule has 2 heterocycles. The molecule has 0 fully saturated rings. The first-order chi connectivity index (χ1) is 8.89. The SMILES string of the molecule is [B]C1([B])N=C(C2=COc3ccccc3O2)NC1([B])[B]. The van der Waals surface area contributed by atoms with Crippen LogP contribution >= 0.6 is 0 Å². The van der Waals surface area contributed by atoms with Gasteiger partial charge in [0.2, 0.25) is 5.76 Å². The number of nitrogens with zero attached hydrogens (tertiary/aromatic N) is 1. The highest BCUT2D eigenvalue weighted by atomic mass is 16.6. The lowest BCUT2D eigenvalue weighted by Gasteiger charge is -2.35. The summed E-state index contributed by atoms with van der Waals surface area (Å²) in [6.45, 7) is 0. The first-order valence-corrected chi connectivity index (χ1v) is 5.57. The highest BCUT2D eigenvalue weighted by Crippen LogP contribution is 2.33. The Morgan fingerprint density at radius 1 is 1.05 bits per heavy atom. The topological polar surface area (TPSA) is 42.9 Å². The third-order valence-corrected chi connectivity index (χ3v) is 2.88. The number of para-hydroxylation sites is 2. The summed E-state index contributed by atoms with van der Waals surface area (Å²) >= 11 is 0. The molecule has 4 nitrogen and oxygen atoms in total. The third-order valence-electron chi connectivity index (χ3n) is 2.88. The Morgan fingerprint density at radius 3 is 2.37 bits per heavy atom. The summed E-state index contributed by atoms with van der Waals surface area (Å²) < 4.78 is 11.0. The number of rotatable bonds is 1. The van der Waals surface area contributed by atoms with Gasteiger partial charge in [0, 0.05) is 0 Å². The van der Waals surface area contributed by atoms with Gasteiger partial charge in [-0.25, -0.2) is 0 Å². The average molecular weight is 241 g/mol. The minimum Gasteiger partial charge on any atom is -0.457 e. The number of hydrogen-bond donors (Lipinski definition) is 1. The Balaban J connectivity index is 1.89. The second kappa shape index (κ2) is 3.89. The van der Waals surface area contributed by atoms with E-state index in [9.17, 15) is 0 Å². The van der Waals surface area contributed by atoms with E-state index in [0.717, 1.165) is 0 Å². The molecular formula is C11H6B4N2O2. The first-order valence-electron chi connectivity index (χ1n) is 5.57. The fourth-order valence-electron chi connectivity index (χ4n) is 1.71. The Hall–Kier alpha value is -1.71. The van der Waals surface area contributed by atoms with E-state index in [1.807, 2.05) is 12.1 Å².